The Kier molecular flexibility index (Phi) is 8.22. The minimum Gasteiger partial charge on any atom is -0.497 e. The monoisotopic (exact) mass is 519 g/mol. The molecular formula is C31H41N3O4. The Morgan fingerprint density at radius 1 is 0.947 bits per heavy atom. The summed E-state index contributed by atoms with van der Waals surface area (Å²) in [5, 5.41) is 3.33. The van der Waals surface area contributed by atoms with Crippen LogP contribution in [0.5, 0.6) is 11.5 Å². The summed E-state index contributed by atoms with van der Waals surface area (Å²) in [7, 11) is 3.33. The van der Waals surface area contributed by atoms with E-state index in [-0.39, 0.29) is 23.3 Å². The van der Waals surface area contributed by atoms with Crippen LogP contribution in [0.2, 0.25) is 0 Å². The Labute approximate surface area is 226 Å². The van der Waals surface area contributed by atoms with E-state index in [4.69, 9.17) is 9.47 Å². The fourth-order valence-corrected chi connectivity index (χ4v) is 6.09. The molecule has 1 unspecified atom stereocenters. The molecule has 0 aromatic heterocycles. The Bertz CT molecular complexity index is 1090. The van der Waals surface area contributed by atoms with Gasteiger partial charge in [0.15, 0.2) is 0 Å². The standard InChI is InChI=1S/C31H41N3O4/c1-37-26-10-6-23(7-11-26)22-34-21-17-31(30(34)36)15-19-33(20-16-31)18-14-28(32-29(35)25-4-3-5-25)24-8-12-27(38-2)13-9-24/h6-13,25,28H,3-5,14-22H2,1-2H3,(H,32,35). The van der Waals surface area contributed by atoms with E-state index in [0.29, 0.717) is 12.5 Å². The molecule has 1 atom stereocenters. The van der Waals surface area contributed by atoms with Crippen LogP contribution in [0, 0.1) is 11.3 Å². The molecular weight excluding hydrogens is 478 g/mol. The first-order valence-electron chi connectivity index (χ1n) is 14.1. The van der Waals surface area contributed by atoms with Crippen LogP contribution in [0.1, 0.15) is 62.1 Å². The predicted octanol–water partition coefficient (Wildman–Crippen LogP) is 4.57. The van der Waals surface area contributed by atoms with Gasteiger partial charge < -0.3 is 24.6 Å². The van der Waals surface area contributed by atoms with Crippen molar-refractivity contribution >= 4 is 11.8 Å². The number of hydrogen-bond acceptors (Lipinski definition) is 5. The number of nitrogens with one attached hydrogen (secondary N) is 1. The average Bonchev–Trinajstić information content (AvgIpc) is 3.21. The van der Waals surface area contributed by atoms with E-state index in [1.54, 1.807) is 14.2 Å². The molecule has 1 N–H and O–H groups in total. The van der Waals surface area contributed by atoms with Crippen molar-refractivity contribution in [2.75, 3.05) is 40.4 Å². The minimum atomic E-state index is -0.212. The lowest BCUT2D eigenvalue weighted by molar-refractivity contribution is -0.139. The normalized spacial score (nSPS) is 20.3. The molecule has 0 radical (unpaired) electrons. The first-order valence-corrected chi connectivity index (χ1v) is 14.1. The zero-order valence-electron chi connectivity index (χ0n) is 22.8. The van der Waals surface area contributed by atoms with Crippen molar-refractivity contribution in [3.05, 3.63) is 59.7 Å². The van der Waals surface area contributed by atoms with Gasteiger partial charge >= 0.3 is 0 Å². The minimum absolute atomic E-state index is 0.0157. The molecule has 0 bridgehead atoms. The third kappa shape index (κ3) is 5.83. The number of ether oxygens (including phenoxy) is 2. The molecule has 7 heteroatoms. The molecule has 1 aliphatic carbocycles. The van der Waals surface area contributed by atoms with Crippen molar-refractivity contribution in [2.24, 2.45) is 11.3 Å². The molecule has 5 rings (SSSR count). The third-order valence-electron chi connectivity index (χ3n) is 8.99. The molecule has 7 nitrogen and oxygen atoms in total. The number of rotatable bonds is 10. The van der Waals surface area contributed by atoms with Crippen molar-refractivity contribution < 1.29 is 19.1 Å². The van der Waals surface area contributed by atoms with Gasteiger partial charge in [0.05, 0.1) is 25.7 Å². The van der Waals surface area contributed by atoms with Crippen LogP contribution in [-0.2, 0) is 16.1 Å². The summed E-state index contributed by atoms with van der Waals surface area (Å²) in [4.78, 5) is 30.8. The fourth-order valence-electron chi connectivity index (χ4n) is 6.09. The quantitative estimate of drug-likeness (QED) is 0.498. The number of amides is 2. The van der Waals surface area contributed by atoms with Crippen molar-refractivity contribution in [3.63, 3.8) is 0 Å². The van der Waals surface area contributed by atoms with Gasteiger partial charge in [0.25, 0.3) is 0 Å². The highest BCUT2D eigenvalue weighted by Crippen LogP contribution is 2.42. The van der Waals surface area contributed by atoms with Crippen molar-refractivity contribution in [2.45, 2.75) is 57.5 Å². The van der Waals surface area contributed by atoms with E-state index in [9.17, 15) is 9.59 Å². The lowest BCUT2D eigenvalue weighted by Crippen LogP contribution is -2.45. The number of benzene rings is 2. The lowest BCUT2D eigenvalue weighted by Gasteiger charge is -2.38. The van der Waals surface area contributed by atoms with Gasteiger partial charge in [-0.05, 0) is 87.0 Å². The lowest BCUT2D eigenvalue weighted by atomic mass is 9.77. The maximum Gasteiger partial charge on any atom is 0.229 e. The molecule has 3 fully saturated rings. The molecule has 38 heavy (non-hydrogen) atoms. The average molecular weight is 520 g/mol. The van der Waals surface area contributed by atoms with Gasteiger partial charge in [0, 0.05) is 25.6 Å². The van der Waals surface area contributed by atoms with E-state index in [0.717, 1.165) is 93.8 Å². The van der Waals surface area contributed by atoms with E-state index in [1.165, 1.54) is 0 Å². The summed E-state index contributed by atoms with van der Waals surface area (Å²) in [6.07, 6.45) is 6.77. The fraction of sp³-hybridized carbons (Fsp3) is 0.548. The number of carbonyl (C=O) groups is 2. The molecule has 2 heterocycles. The highest BCUT2D eigenvalue weighted by molar-refractivity contribution is 5.85. The van der Waals surface area contributed by atoms with Crippen LogP contribution in [0.25, 0.3) is 0 Å². The number of hydrogen-bond donors (Lipinski definition) is 1. The first-order chi connectivity index (χ1) is 18.5. The van der Waals surface area contributed by atoms with Gasteiger partial charge in [-0.25, -0.2) is 0 Å². The zero-order chi connectivity index (χ0) is 26.5. The van der Waals surface area contributed by atoms with Crippen molar-refractivity contribution in [1.29, 1.82) is 0 Å². The molecule has 2 saturated heterocycles. The summed E-state index contributed by atoms with van der Waals surface area (Å²) in [5.74, 6) is 2.32. The number of methoxy groups -OCH3 is 2. The van der Waals surface area contributed by atoms with Crippen LogP contribution in [0.3, 0.4) is 0 Å². The van der Waals surface area contributed by atoms with Crippen molar-refractivity contribution in [3.8, 4) is 11.5 Å². The second-order valence-electron chi connectivity index (χ2n) is 11.2. The Balaban J connectivity index is 1.15. The second-order valence-corrected chi connectivity index (χ2v) is 11.2. The van der Waals surface area contributed by atoms with E-state index < -0.39 is 0 Å². The smallest absolute Gasteiger partial charge is 0.229 e. The SMILES string of the molecule is COc1ccc(CN2CCC3(CCN(CCC(NC(=O)C4CCC4)c4ccc(OC)cc4)CC3)C2=O)cc1. The second kappa shape index (κ2) is 11.8. The van der Waals surface area contributed by atoms with E-state index >= 15 is 0 Å². The number of nitrogens with zero attached hydrogens (tertiary/aromatic N) is 2. The first kappa shape index (κ1) is 26.5. The van der Waals surface area contributed by atoms with Crippen LogP contribution in [0.15, 0.2) is 48.5 Å². The maximum absolute atomic E-state index is 13.5. The van der Waals surface area contributed by atoms with E-state index in [1.807, 2.05) is 41.3 Å². The maximum atomic E-state index is 13.5. The Hall–Kier alpha value is -3.06. The molecule has 2 amide bonds. The summed E-state index contributed by atoms with van der Waals surface area (Å²) in [6.45, 7) is 4.25. The predicted molar refractivity (Wildman–Crippen MR) is 147 cm³/mol. The molecule has 204 valence electrons. The number of carbonyl (C=O) groups excluding carboxylic acids is 2. The highest BCUT2D eigenvalue weighted by Gasteiger charge is 2.47. The van der Waals surface area contributed by atoms with Crippen LogP contribution >= 0.6 is 0 Å². The van der Waals surface area contributed by atoms with Crippen LogP contribution < -0.4 is 14.8 Å². The summed E-state index contributed by atoms with van der Waals surface area (Å²) in [6, 6.07) is 16.0. The molecule has 2 aromatic rings. The molecule has 1 saturated carbocycles. The van der Waals surface area contributed by atoms with Gasteiger partial charge in [0.1, 0.15) is 11.5 Å². The van der Waals surface area contributed by atoms with Gasteiger partial charge in [-0.3, -0.25) is 9.59 Å². The summed E-state index contributed by atoms with van der Waals surface area (Å²) in [5.41, 5.74) is 2.05. The highest BCUT2D eigenvalue weighted by atomic mass is 16.5. The summed E-state index contributed by atoms with van der Waals surface area (Å²) >= 11 is 0. The Morgan fingerprint density at radius 2 is 1.55 bits per heavy atom. The molecule has 2 aliphatic heterocycles. The molecule has 2 aromatic carbocycles. The Morgan fingerprint density at radius 3 is 2.13 bits per heavy atom. The molecule has 3 aliphatic rings. The van der Waals surface area contributed by atoms with Gasteiger partial charge in [-0.1, -0.05) is 30.7 Å². The van der Waals surface area contributed by atoms with Crippen LogP contribution in [0.4, 0.5) is 0 Å². The van der Waals surface area contributed by atoms with Gasteiger partial charge in [-0.2, -0.15) is 0 Å². The number of likely N-dealkylation sites (tertiary alicyclic amines) is 2. The molecule has 1 spiro atoms. The van der Waals surface area contributed by atoms with Crippen LogP contribution in [-0.4, -0.2) is 62.0 Å². The summed E-state index contributed by atoms with van der Waals surface area (Å²) < 4.78 is 10.6. The zero-order valence-corrected chi connectivity index (χ0v) is 22.8. The van der Waals surface area contributed by atoms with Crippen molar-refractivity contribution in [1.82, 2.24) is 15.1 Å². The van der Waals surface area contributed by atoms with Gasteiger partial charge in [0.2, 0.25) is 11.8 Å². The topological polar surface area (TPSA) is 71.1 Å². The number of piperidine rings is 1. The van der Waals surface area contributed by atoms with E-state index in [2.05, 4.69) is 22.3 Å². The third-order valence-corrected chi connectivity index (χ3v) is 8.99. The van der Waals surface area contributed by atoms with Gasteiger partial charge in [-0.15, -0.1) is 0 Å². The largest absolute Gasteiger partial charge is 0.497 e.